The average Bonchev–Trinajstić information content (AvgIpc) is 2.74. The lowest BCUT2D eigenvalue weighted by molar-refractivity contribution is 0.0689. The Hall–Kier alpha value is -2.50. The van der Waals surface area contributed by atoms with Crippen LogP contribution in [0.1, 0.15) is 28.7 Å². The molecule has 0 saturated carbocycles. The average molecular weight is 275 g/mol. The minimum atomic E-state index is -1.13. The van der Waals surface area contributed by atoms with E-state index in [1.807, 2.05) is 6.92 Å². The van der Waals surface area contributed by atoms with Crippen LogP contribution in [-0.4, -0.2) is 26.1 Å². The molecule has 6 heteroatoms. The summed E-state index contributed by atoms with van der Waals surface area (Å²) in [5.41, 5.74) is 2.02. The van der Waals surface area contributed by atoms with Crippen LogP contribution >= 0.6 is 0 Å². The van der Waals surface area contributed by atoms with Crippen molar-refractivity contribution in [3.8, 4) is 0 Å². The summed E-state index contributed by atoms with van der Waals surface area (Å²) in [7, 11) is 0. The molecule has 0 fully saturated rings. The summed E-state index contributed by atoms with van der Waals surface area (Å²) in [6.45, 7) is 6.00. The molecule has 104 valence electrons. The van der Waals surface area contributed by atoms with Crippen LogP contribution in [0, 0.1) is 5.82 Å². The highest BCUT2D eigenvalue weighted by Gasteiger charge is 2.19. The number of rotatable bonds is 5. The number of carbonyl (C=O) groups is 1. The van der Waals surface area contributed by atoms with Crippen LogP contribution in [0.5, 0.6) is 0 Å². The van der Waals surface area contributed by atoms with Crippen LogP contribution in [0.15, 0.2) is 36.4 Å². The monoisotopic (exact) mass is 275 g/mol. The molecule has 1 aromatic heterocycles. The molecule has 0 bridgehead atoms. The summed E-state index contributed by atoms with van der Waals surface area (Å²) in [6.07, 6.45) is 0.322. The number of nitrogens with zero attached hydrogens (tertiary/aromatic N) is 3. The highest BCUT2D eigenvalue weighted by atomic mass is 19.1. The number of benzene rings is 1. The second-order valence-corrected chi connectivity index (χ2v) is 4.61. The third-order valence-corrected chi connectivity index (χ3v) is 2.74. The van der Waals surface area contributed by atoms with Gasteiger partial charge in [0.05, 0.1) is 12.2 Å². The number of hydrogen-bond donors (Lipinski definition) is 1. The first-order valence-corrected chi connectivity index (χ1v) is 6.02. The van der Waals surface area contributed by atoms with E-state index in [9.17, 15) is 9.18 Å². The number of hydrogen-bond acceptors (Lipinski definition) is 3. The third kappa shape index (κ3) is 3.09. The van der Waals surface area contributed by atoms with Gasteiger partial charge < -0.3 is 5.11 Å². The van der Waals surface area contributed by atoms with Gasteiger partial charge in [0.15, 0.2) is 5.69 Å². The lowest BCUT2D eigenvalue weighted by Crippen LogP contribution is -2.09. The van der Waals surface area contributed by atoms with Crippen molar-refractivity contribution < 1.29 is 14.3 Å². The molecule has 0 spiro atoms. The fourth-order valence-electron chi connectivity index (χ4n) is 1.85. The Kier molecular flexibility index (Phi) is 3.93. The number of carboxylic acid groups (broad SMARTS) is 1. The van der Waals surface area contributed by atoms with Crippen molar-refractivity contribution in [3.63, 3.8) is 0 Å². The Labute approximate surface area is 115 Å². The molecule has 1 N–H and O–H groups in total. The number of aromatic nitrogens is 3. The highest BCUT2D eigenvalue weighted by Crippen LogP contribution is 2.14. The van der Waals surface area contributed by atoms with Gasteiger partial charge in [0, 0.05) is 6.42 Å². The number of aromatic carboxylic acids is 1. The van der Waals surface area contributed by atoms with E-state index in [4.69, 9.17) is 5.11 Å². The Balaban J connectivity index is 2.36. The van der Waals surface area contributed by atoms with Gasteiger partial charge in [-0.25, -0.2) is 13.9 Å². The van der Waals surface area contributed by atoms with E-state index in [-0.39, 0.29) is 11.5 Å². The largest absolute Gasteiger partial charge is 0.476 e. The molecule has 0 aliphatic heterocycles. The molecule has 1 aromatic carbocycles. The lowest BCUT2D eigenvalue weighted by atomic mass is 10.1. The molecular weight excluding hydrogens is 261 g/mol. The summed E-state index contributed by atoms with van der Waals surface area (Å²) in [5.74, 6) is -1.46. The molecule has 5 nitrogen and oxygen atoms in total. The van der Waals surface area contributed by atoms with E-state index in [1.54, 1.807) is 12.1 Å². The van der Waals surface area contributed by atoms with E-state index in [0.717, 1.165) is 11.1 Å². The summed E-state index contributed by atoms with van der Waals surface area (Å²) >= 11 is 0. The number of halogens is 1. The molecule has 0 unspecified atom stereocenters. The minimum Gasteiger partial charge on any atom is -0.476 e. The van der Waals surface area contributed by atoms with Gasteiger partial charge in [0.25, 0.3) is 0 Å². The first-order valence-electron chi connectivity index (χ1n) is 6.02. The van der Waals surface area contributed by atoms with E-state index in [2.05, 4.69) is 16.9 Å². The van der Waals surface area contributed by atoms with Crippen molar-refractivity contribution in [2.75, 3.05) is 0 Å². The summed E-state index contributed by atoms with van der Waals surface area (Å²) in [6, 6.07) is 5.89. The molecule has 0 radical (unpaired) electrons. The van der Waals surface area contributed by atoms with Crippen molar-refractivity contribution in [3.05, 3.63) is 59.2 Å². The maximum Gasteiger partial charge on any atom is 0.358 e. The maximum atomic E-state index is 12.9. The second kappa shape index (κ2) is 5.64. The first-order chi connectivity index (χ1) is 9.47. The Morgan fingerprint density at radius 3 is 2.60 bits per heavy atom. The SMILES string of the molecule is C=C(C)Cn1nnc(C(=O)O)c1Cc1ccc(F)cc1. The summed E-state index contributed by atoms with van der Waals surface area (Å²) < 4.78 is 14.4. The molecule has 2 rings (SSSR count). The van der Waals surface area contributed by atoms with Gasteiger partial charge in [0.1, 0.15) is 5.82 Å². The zero-order chi connectivity index (χ0) is 14.7. The van der Waals surface area contributed by atoms with Crippen LogP contribution in [-0.2, 0) is 13.0 Å². The smallest absolute Gasteiger partial charge is 0.358 e. The summed E-state index contributed by atoms with van der Waals surface area (Å²) in [4.78, 5) is 11.2. The molecule has 0 saturated heterocycles. The normalized spacial score (nSPS) is 10.5. The van der Waals surface area contributed by atoms with Crippen molar-refractivity contribution >= 4 is 5.97 Å². The highest BCUT2D eigenvalue weighted by molar-refractivity contribution is 5.86. The quantitative estimate of drug-likeness (QED) is 0.850. The first kappa shape index (κ1) is 13.9. The predicted molar refractivity (Wildman–Crippen MR) is 71.0 cm³/mol. The maximum absolute atomic E-state index is 12.9. The molecule has 1 heterocycles. The Bertz CT molecular complexity index is 647. The van der Waals surface area contributed by atoms with Crippen molar-refractivity contribution in [1.82, 2.24) is 15.0 Å². The fraction of sp³-hybridized carbons (Fsp3) is 0.214. The molecule has 0 atom stereocenters. The molecule has 0 aliphatic carbocycles. The van der Waals surface area contributed by atoms with Crippen LogP contribution < -0.4 is 0 Å². The molecular formula is C14H14FN3O2. The van der Waals surface area contributed by atoms with Gasteiger partial charge >= 0.3 is 5.97 Å². The van der Waals surface area contributed by atoms with E-state index >= 15 is 0 Å². The van der Waals surface area contributed by atoms with Crippen molar-refractivity contribution in [2.45, 2.75) is 19.9 Å². The molecule has 2 aromatic rings. The number of carboxylic acids is 1. The topological polar surface area (TPSA) is 68.0 Å². The lowest BCUT2D eigenvalue weighted by Gasteiger charge is -2.07. The summed E-state index contributed by atoms with van der Waals surface area (Å²) in [5, 5.41) is 16.7. The van der Waals surface area contributed by atoms with Gasteiger partial charge in [0.2, 0.25) is 0 Å². The fourth-order valence-corrected chi connectivity index (χ4v) is 1.85. The molecule has 0 amide bonds. The zero-order valence-electron chi connectivity index (χ0n) is 11.0. The Morgan fingerprint density at radius 2 is 2.05 bits per heavy atom. The standard InChI is InChI=1S/C14H14FN3O2/c1-9(2)8-18-12(13(14(19)20)16-17-18)7-10-3-5-11(15)6-4-10/h3-6H,1,7-8H2,2H3,(H,19,20). The molecule has 0 aliphatic rings. The molecule has 20 heavy (non-hydrogen) atoms. The van der Waals surface area contributed by atoms with Crippen LogP contribution in [0.2, 0.25) is 0 Å². The van der Waals surface area contributed by atoms with Gasteiger partial charge in [-0.05, 0) is 24.6 Å². The second-order valence-electron chi connectivity index (χ2n) is 4.61. The zero-order valence-corrected chi connectivity index (χ0v) is 11.0. The van der Waals surface area contributed by atoms with Crippen LogP contribution in [0.3, 0.4) is 0 Å². The van der Waals surface area contributed by atoms with Crippen molar-refractivity contribution in [1.29, 1.82) is 0 Å². The predicted octanol–water partition coefficient (Wildman–Crippen LogP) is 2.28. The van der Waals surface area contributed by atoms with Crippen LogP contribution in [0.4, 0.5) is 4.39 Å². The van der Waals surface area contributed by atoms with Gasteiger partial charge in [-0.3, -0.25) is 0 Å². The minimum absolute atomic E-state index is 0.0874. The number of allylic oxidation sites excluding steroid dienone is 1. The van der Waals surface area contributed by atoms with E-state index in [1.165, 1.54) is 16.8 Å². The van der Waals surface area contributed by atoms with E-state index < -0.39 is 5.97 Å². The van der Waals surface area contributed by atoms with Crippen LogP contribution in [0.25, 0.3) is 0 Å². The van der Waals surface area contributed by atoms with E-state index in [0.29, 0.717) is 18.7 Å². The van der Waals surface area contributed by atoms with Gasteiger partial charge in [-0.15, -0.1) is 5.10 Å². The van der Waals surface area contributed by atoms with Gasteiger partial charge in [-0.2, -0.15) is 0 Å². The third-order valence-electron chi connectivity index (χ3n) is 2.74. The van der Waals surface area contributed by atoms with Gasteiger partial charge in [-0.1, -0.05) is 29.5 Å². The van der Waals surface area contributed by atoms with Crippen molar-refractivity contribution in [2.24, 2.45) is 0 Å². The Morgan fingerprint density at radius 1 is 1.40 bits per heavy atom.